The summed E-state index contributed by atoms with van der Waals surface area (Å²) < 4.78 is 15.8. The van der Waals surface area contributed by atoms with E-state index in [4.69, 9.17) is 14.2 Å². The number of nitrogens with zero attached hydrogens (tertiary/aromatic N) is 1. The summed E-state index contributed by atoms with van der Waals surface area (Å²) in [6.45, 7) is 2.02. The third-order valence-corrected chi connectivity index (χ3v) is 4.43. The van der Waals surface area contributed by atoms with Crippen LogP contribution in [0.1, 0.15) is 22.8 Å². The van der Waals surface area contributed by atoms with Crippen LogP contribution in [-0.4, -0.2) is 25.5 Å². The van der Waals surface area contributed by atoms with Crippen molar-refractivity contribution < 1.29 is 19.0 Å². The van der Waals surface area contributed by atoms with E-state index in [1.165, 1.54) is 0 Å². The van der Waals surface area contributed by atoms with E-state index in [1.807, 2.05) is 43.3 Å². The molecule has 1 heterocycles. The number of fused-ring (bicyclic) bond motifs is 2. The standard InChI is InChI=1S/C21H18N2O4/c1-13(14-3-4-16-10-18(25-2)7-5-15(16)9-14)22-23-21(24)17-6-8-19-20(11-17)27-12-26-19/h3-11H,12H2,1-2H3,(H,23,24)/b22-13+. The second-order valence-electron chi connectivity index (χ2n) is 6.13. The third kappa shape index (κ3) is 3.42. The molecular formula is C21H18N2O4. The minimum atomic E-state index is -0.307. The smallest absolute Gasteiger partial charge is 0.271 e. The molecule has 0 radical (unpaired) electrons. The number of nitrogens with one attached hydrogen (secondary N) is 1. The largest absolute Gasteiger partial charge is 0.497 e. The fourth-order valence-electron chi connectivity index (χ4n) is 2.88. The summed E-state index contributed by atoms with van der Waals surface area (Å²) in [5.74, 6) is 1.71. The van der Waals surface area contributed by atoms with Crippen LogP contribution in [0.4, 0.5) is 0 Å². The highest BCUT2D eigenvalue weighted by Crippen LogP contribution is 2.32. The van der Waals surface area contributed by atoms with Crippen LogP contribution >= 0.6 is 0 Å². The van der Waals surface area contributed by atoms with Crippen LogP contribution in [-0.2, 0) is 0 Å². The van der Waals surface area contributed by atoms with E-state index in [1.54, 1.807) is 25.3 Å². The van der Waals surface area contributed by atoms with Crippen molar-refractivity contribution in [2.45, 2.75) is 6.92 Å². The Bertz CT molecular complexity index is 1060. The van der Waals surface area contributed by atoms with Gasteiger partial charge in [0.1, 0.15) is 5.75 Å². The Morgan fingerprint density at radius 2 is 1.70 bits per heavy atom. The van der Waals surface area contributed by atoms with Gasteiger partial charge in [-0.2, -0.15) is 5.10 Å². The Morgan fingerprint density at radius 3 is 2.56 bits per heavy atom. The van der Waals surface area contributed by atoms with Gasteiger partial charge in [0.05, 0.1) is 12.8 Å². The quantitative estimate of drug-likeness (QED) is 0.567. The Morgan fingerprint density at radius 1 is 0.963 bits per heavy atom. The molecule has 1 amide bonds. The molecule has 27 heavy (non-hydrogen) atoms. The molecule has 1 aliphatic rings. The highest BCUT2D eigenvalue weighted by Gasteiger charge is 2.16. The molecule has 4 rings (SSSR count). The minimum Gasteiger partial charge on any atom is -0.497 e. The molecule has 0 fully saturated rings. The van der Waals surface area contributed by atoms with Crippen LogP contribution in [0.3, 0.4) is 0 Å². The summed E-state index contributed by atoms with van der Waals surface area (Å²) in [6, 6.07) is 16.9. The normalized spacial score (nSPS) is 12.9. The van der Waals surface area contributed by atoms with E-state index in [0.29, 0.717) is 22.8 Å². The molecule has 0 atom stereocenters. The number of rotatable bonds is 4. The summed E-state index contributed by atoms with van der Waals surface area (Å²) in [6.07, 6.45) is 0. The van der Waals surface area contributed by atoms with Crippen LogP contribution in [0.2, 0.25) is 0 Å². The van der Waals surface area contributed by atoms with Crippen molar-refractivity contribution in [3.05, 3.63) is 65.7 Å². The van der Waals surface area contributed by atoms with Crippen LogP contribution in [0, 0.1) is 0 Å². The highest BCUT2D eigenvalue weighted by atomic mass is 16.7. The fraction of sp³-hybridized carbons (Fsp3) is 0.143. The van der Waals surface area contributed by atoms with Gasteiger partial charge in [0.25, 0.3) is 5.91 Å². The van der Waals surface area contributed by atoms with Gasteiger partial charge in [-0.05, 0) is 59.7 Å². The molecule has 6 heteroatoms. The maximum Gasteiger partial charge on any atom is 0.271 e. The van der Waals surface area contributed by atoms with Gasteiger partial charge < -0.3 is 14.2 Å². The molecule has 0 aliphatic carbocycles. The lowest BCUT2D eigenvalue weighted by Gasteiger charge is -2.06. The molecule has 0 saturated heterocycles. The molecule has 6 nitrogen and oxygen atoms in total. The lowest BCUT2D eigenvalue weighted by atomic mass is 10.0. The van der Waals surface area contributed by atoms with Gasteiger partial charge in [-0.3, -0.25) is 4.79 Å². The van der Waals surface area contributed by atoms with E-state index in [-0.39, 0.29) is 12.7 Å². The number of hydrazone groups is 1. The lowest BCUT2D eigenvalue weighted by Crippen LogP contribution is -2.19. The summed E-state index contributed by atoms with van der Waals surface area (Å²) >= 11 is 0. The number of hydrogen-bond acceptors (Lipinski definition) is 5. The minimum absolute atomic E-state index is 0.172. The first-order valence-corrected chi connectivity index (χ1v) is 8.46. The molecule has 1 N–H and O–H groups in total. The molecule has 0 spiro atoms. The Labute approximate surface area is 156 Å². The molecule has 0 aromatic heterocycles. The monoisotopic (exact) mass is 362 g/mol. The molecular weight excluding hydrogens is 344 g/mol. The third-order valence-electron chi connectivity index (χ3n) is 4.43. The Balaban J connectivity index is 1.51. The molecule has 0 saturated carbocycles. The molecule has 1 aliphatic heterocycles. The van der Waals surface area contributed by atoms with Crippen molar-refractivity contribution in [2.24, 2.45) is 5.10 Å². The van der Waals surface area contributed by atoms with Crippen molar-refractivity contribution in [1.29, 1.82) is 0 Å². The zero-order valence-corrected chi connectivity index (χ0v) is 15.0. The number of amides is 1. The van der Waals surface area contributed by atoms with Crippen LogP contribution < -0.4 is 19.6 Å². The number of benzene rings is 3. The van der Waals surface area contributed by atoms with Gasteiger partial charge in [-0.25, -0.2) is 5.43 Å². The van der Waals surface area contributed by atoms with E-state index in [0.717, 1.165) is 22.1 Å². The maximum atomic E-state index is 12.3. The van der Waals surface area contributed by atoms with Crippen molar-refractivity contribution in [3.8, 4) is 17.2 Å². The first-order valence-electron chi connectivity index (χ1n) is 8.46. The van der Waals surface area contributed by atoms with Crippen LogP contribution in [0.25, 0.3) is 10.8 Å². The summed E-state index contributed by atoms with van der Waals surface area (Å²) in [4.78, 5) is 12.3. The zero-order valence-electron chi connectivity index (χ0n) is 15.0. The lowest BCUT2D eigenvalue weighted by molar-refractivity contribution is 0.0954. The van der Waals surface area contributed by atoms with Gasteiger partial charge in [0, 0.05) is 5.56 Å². The van der Waals surface area contributed by atoms with E-state index < -0.39 is 0 Å². The second-order valence-corrected chi connectivity index (χ2v) is 6.13. The molecule has 136 valence electrons. The number of carbonyl (C=O) groups is 1. The number of methoxy groups -OCH3 is 1. The Hall–Kier alpha value is -3.54. The summed E-state index contributed by atoms with van der Waals surface area (Å²) in [5, 5.41) is 6.38. The van der Waals surface area contributed by atoms with Gasteiger partial charge >= 0.3 is 0 Å². The van der Waals surface area contributed by atoms with E-state index >= 15 is 0 Å². The van der Waals surface area contributed by atoms with Gasteiger partial charge in [0.15, 0.2) is 11.5 Å². The van der Waals surface area contributed by atoms with Gasteiger partial charge in [0.2, 0.25) is 6.79 Å². The van der Waals surface area contributed by atoms with E-state index in [2.05, 4.69) is 10.5 Å². The molecule has 0 unspecified atom stereocenters. The highest BCUT2D eigenvalue weighted by molar-refractivity contribution is 6.03. The van der Waals surface area contributed by atoms with Gasteiger partial charge in [-0.1, -0.05) is 18.2 Å². The van der Waals surface area contributed by atoms with Crippen LogP contribution in [0.15, 0.2) is 59.7 Å². The van der Waals surface area contributed by atoms with Crippen molar-refractivity contribution in [2.75, 3.05) is 13.9 Å². The number of ether oxygens (including phenoxy) is 3. The molecule has 3 aromatic carbocycles. The van der Waals surface area contributed by atoms with Gasteiger partial charge in [-0.15, -0.1) is 0 Å². The van der Waals surface area contributed by atoms with Crippen molar-refractivity contribution in [1.82, 2.24) is 5.43 Å². The molecule has 3 aromatic rings. The van der Waals surface area contributed by atoms with Crippen molar-refractivity contribution in [3.63, 3.8) is 0 Å². The first kappa shape index (κ1) is 16.9. The second kappa shape index (κ2) is 6.99. The van der Waals surface area contributed by atoms with Crippen molar-refractivity contribution >= 4 is 22.4 Å². The predicted molar refractivity (Wildman–Crippen MR) is 103 cm³/mol. The average Bonchev–Trinajstić information content (AvgIpc) is 3.18. The molecule has 0 bridgehead atoms. The first-order chi connectivity index (χ1) is 13.1. The number of hydrogen-bond donors (Lipinski definition) is 1. The average molecular weight is 362 g/mol. The van der Waals surface area contributed by atoms with Crippen LogP contribution in [0.5, 0.6) is 17.2 Å². The Kier molecular flexibility index (Phi) is 4.38. The topological polar surface area (TPSA) is 69.2 Å². The maximum absolute atomic E-state index is 12.3. The van der Waals surface area contributed by atoms with E-state index in [9.17, 15) is 4.79 Å². The zero-order chi connectivity index (χ0) is 18.8. The summed E-state index contributed by atoms with van der Waals surface area (Å²) in [5.41, 5.74) is 4.69. The SMILES string of the molecule is COc1ccc2cc(/C(C)=N/NC(=O)c3ccc4c(c3)OCO4)ccc2c1. The fourth-order valence-corrected chi connectivity index (χ4v) is 2.88. The summed E-state index contributed by atoms with van der Waals surface area (Å²) in [7, 11) is 1.65. The number of carbonyl (C=O) groups excluding carboxylic acids is 1. The predicted octanol–water partition coefficient (Wildman–Crippen LogP) is 3.73.